The molecule has 1 aromatic heterocycles. The van der Waals surface area contributed by atoms with Crippen molar-refractivity contribution in [3.63, 3.8) is 0 Å². The number of allylic oxidation sites excluding steroid dienone is 2. The van der Waals surface area contributed by atoms with Crippen molar-refractivity contribution < 1.29 is 9.47 Å². The van der Waals surface area contributed by atoms with Gasteiger partial charge in [0.2, 0.25) is 6.71 Å². The largest absolute Gasteiger partial charge is 0.487 e. The fourth-order valence-corrected chi connectivity index (χ4v) is 6.08. The molecule has 3 nitrogen and oxygen atoms in total. The van der Waals surface area contributed by atoms with Gasteiger partial charge in [0.15, 0.2) is 0 Å². The van der Waals surface area contributed by atoms with Crippen LogP contribution in [0.3, 0.4) is 0 Å². The Kier molecular flexibility index (Phi) is 3.59. The Bertz CT molecular complexity index is 1640. The van der Waals surface area contributed by atoms with Gasteiger partial charge in [0.1, 0.15) is 23.4 Å². The van der Waals surface area contributed by atoms with Gasteiger partial charge in [0.05, 0.1) is 16.7 Å². The maximum atomic E-state index is 6.63. The molecule has 2 aliphatic heterocycles. The normalized spacial score (nSPS) is 19.4. The van der Waals surface area contributed by atoms with Crippen LogP contribution in [0.4, 0.5) is 0 Å². The van der Waals surface area contributed by atoms with Crippen molar-refractivity contribution in [3.05, 3.63) is 109 Å². The summed E-state index contributed by atoms with van der Waals surface area (Å²) in [5.41, 5.74) is 5.80. The average Bonchev–Trinajstić information content (AvgIpc) is 3.23. The third-order valence-corrected chi connectivity index (χ3v) is 7.48. The van der Waals surface area contributed by atoms with E-state index in [4.69, 9.17) is 9.47 Å². The molecule has 0 fully saturated rings. The van der Waals surface area contributed by atoms with Crippen LogP contribution < -0.4 is 20.4 Å². The van der Waals surface area contributed by atoms with Gasteiger partial charge < -0.3 is 14.0 Å². The zero-order valence-electron chi connectivity index (χ0n) is 18.4. The number of fused-ring (bicyclic) bond motifs is 7. The van der Waals surface area contributed by atoms with Gasteiger partial charge in [-0.25, -0.2) is 0 Å². The lowest BCUT2D eigenvalue weighted by molar-refractivity contribution is 0.245. The first kappa shape index (κ1) is 18.3. The molecule has 34 heavy (non-hydrogen) atoms. The van der Waals surface area contributed by atoms with Gasteiger partial charge >= 0.3 is 0 Å². The standard InChI is InChI=1S/C30H20BNO2/c1-5-13-24-20(9-1)21-10-2-6-14-25(21)32(24)19-17-28-30-29(18-19)34-27-16-8-4-12-23(27)31(30)22-11-3-7-15-26(22)33-28/h1-18,22,26H. The van der Waals surface area contributed by atoms with E-state index in [0.717, 1.165) is 28.4 Å². The Morgan fingerprint density at radius 2 is 1.35 bits per heavy atom. The van der Waals surface area contributed by atoms with Gasteiger partial charge in [-0.05, 0) is 29.7 Å². The predicted molar refractivity (Wildman–Crippen MR) is 139 cm³/mol. The van der Waals surface area contributed by atoms with E-state index in [1.807, 2.05) is 0 Å². The van der Waals surface area contributed by atoms with Gasteiger partial charge in [-0.15, -0.1) is 0 Å². The summed E-state index contributed by atoms with van der Waals surface area (Å²) >= 11 is 0. The van der Waals surface area contributed by atoms with Crippen LogP contribution in [0.15, 0.2) is 109 Å². The molecule has 0 N–H and O–H groups in total. The molecular formula is C30H20BNO2. The van der Waals surface area contributed by atoms with Crippen molar-refractivity contribution in [2.75, 3.05) is 0 Å². The minimum atomic E-state index is 0.00917. The predicted octanol–water partition coefficient (Wildman–Crippen LogP) is 5.76. The second-order valence-electron chi connectivity index (χ2n) is 9.27. The van der Waals surface area contributed by atoms with Crippen molar-refractivity contribution in [2.45, 2.75) is 11.9 Å². The van der Waals surface area contributed by atoms with Crippen molar-refractivity contribution in [2.24, 2.45) is 0 Å². The molecule has 5 aromatic rings. The highest BCUT2D eigenvalue weighted by molar-refractivity contribution is 6.89. The minimum Gasteiger partial charge on any atom is -0.487 e. The molecule has 160 valence electrons. The Hall–Kier alpha value is -4.18. The topological polar surface area (TPSA) is 23.4 Å². The lowest BCUT2D eigenvalue weighted by Gasteiger charge is -2.40. The quantitative estimate of drug-likeness (QED) is 0.312. The number of nitrogens with zero attached hydrogens (tertiary/aromatic N) is 1. The molecule has 8 rings (SSSR count). The molecule has 0 radical (unpaired) electrons. The second kappa shape index (κ2) is 6.67. The van der Waals surface area contributed by atoms with Gasteiger partial charge in [-0.1, -0.05) is 72.8 Å². The van der Waals surface area contributed by atoms with Gasteiger partial charge in [-0.3, -0.25) is 0 Å². The van der Waals surface area contributed by atoms with E-state index in [-0.39, 0.29) is 18.6 Å². The van der Waals surface area contributed by atoms with E-state index in [1.54, 1.807) is 0 Å². The lowest BCUT2D eigenvalue weighted by atomic mass is 9.30. The number of rotatable bonds is 1. The molecule has 0 saturated heterocycles. The van der Waals surface area contributed by atoms with E-state index in [2.05, 4.69) is 114 Å². The molecule has 2 atom stereocenters. The summed E-state index contributed by atoms with van der Waals surface area (Å²) < 4.78 is 15.5. The fraction of sp³-hybridized carbons (Fsp3) is 0.0667. The molecule has 3 aliphatic rings. The van der Waals surface area contributed by atoms with Crippen LogP contribution in [0.5, 0.6) is 17.2 Å². The highest BCUT2D eigenvalue weighted by Crippen LogP contribution is 2.42. The summed E-state index contributed by atoms with van der Waals surface area (Å²) in [7, 11) is 0. The Labute approximate surface area is 197 Å². The molecule has 4 aromatic carbocycles. The first-order valence-corrected chi connectivity index (χ1v) is 11.8. The molecule has 0 spiro atoms. The Balaban J connectivity index is 1.43. The summed E-state index contributed by atoms with van der Waals surface area (Å²) in [4.78, 5) is 0. The zero-order valence-corrected chi connectivity index (χ0v) is 18.4. The first-order chi connectivity index (χ1) is 16.9. The summed E-state index contributed by atoms with van der Waals surface area (Å²) in [6.07, 6.45) is 8.70. The van der Waals surface area contributed by atoms with Gasteiger partial charge in [-0.2, -0.15) is 0 Å². The number of para-hydroxylation sites is 3. The van der Waals surface area contributed by atoms with Gasteiger partial charge in [0.25, 0.3) is 0 Å². The third-order valence-electron chi connectivity index (χ3n) is 7.48. The SMILES string of the molecule is C1=CC2Oc3cc(-n4c5ccccc5c5ccccc54)cc4c3B(c3ccccc3O4)C2C=C1. The van der Waals surface area contributed by atoms with Crippen LogP contribution in [-0.2, 0) is 0 Å². The number of benzene rings is 4. The number of hydrogen-bond acceptors (Lipinski definition) is 2. The molecule has 3 heterocycles. The van der Waals surface area contributed by atoms with Crippen LogP contribution in [0.2, 0.25) is 5.82 Å². The fourth-order valence-electron chi connectivity index (χ4n) is 6.08. The molecule has 0 saturated carbocycles. The van der Waals surface area contributed by atoms with Crippen LogP contribution in [0, 0.1) is 0 Å². The van der Waals surface area contributed by atoms with Crippen molar-refractivity contribution in [1.82, 2.24) is 4.57 Å². The number of aromatic nitrogens is 1. The molecular weight excluding hydrogens is 417 g/mol. The van der Waals surface area contributed by atoms with Crippen molar-refractivity contribution >= 4 is 39.4 Å². The van der Waals surface area contributed by atoms with Crippen LogP contribution in [0.25, 0.3) is 27.5 Å². The van der Waals surface area contributed by atoms with E-state index in [1.165, 1.54) is 27.3 Å². The molecule has 2 unspecified atom stereocenters. The minimum absolute atomic E-state index is 0.00917. The summed E-state index contributed by atoms with van der Waals surface area (Å²) in [5, 5.41) is 2.49. The van der Waals surface area contributed by atoms with Crippen LogP contribution in [0.1, 0.15) is 0 Å². The second-order valence-corrected chi connectivity index (χ2v) is 9.27. The highest BCUT2D eigenvalue weighted by atomic mass is 16.5. The molecule has 4 heteroatoms. The Morgan fingerprint density at radius 3 is 2.18 bits per heavy atom. The molecule has 1 aliphatic carbocycles. The molecule has 0 bridgehead atoms. The van der Waals surface area contributed by atoms with E-state index >= 15 is 0 Å². The first-order valence-electron chi connectivity index (χ1n) is 11.8. The van der Waals surface area contributed by atoms with E-state index in [9.17, 15) is 0 Å². The maximum absolute atomic E-state index is 6.63. The zero-order chi connectivity index (χ0) is 22.2. The van der Waals surface area contributed by atoms with Crippen molar-refractivity contribution in [1.29, 1.82) is 0 Å². The smallest absolute Gasteiger partial charge is 0.234 e. The monoisotopic (exact) mass is 437 g/mol. The summed E-state index contributed by atoms with van der Waals surface area (Å²) in [5.74, 6) is 2.99. The number of ether oxygens (including phenoxy) is 2. The summed E-state index contributed by atoms with van der Waals surface area (Å²) in [6.45, 7) is 0.210. The third kappa shape index (κ3) is 2.37. The maximum Gasteiger partial charge on any atom is 0.234 e. The average molecular weight is 437 g/mol. The Morgan fingerprint density at radius 1 is 0.676 bits per heavy atom. The highest BCUT2D eigenvalue weighted by Gasteiger charge is 2.46. The van der Waals surface area contributed by atoms with Crippen LogP contribution >= 0.6 is 0 Å². The number of hydrogen-bond donors (Lipinski definition) is 0. The summed E-state index contributed by atoms with van der Waals surface area (Å²) in [6, 6.07) is 30.0. The van der Waals surface area contributed by atoms with Crippen molar-refractivity contribution in [3.8, 4) is 22.9 Å². The molecule has 0 amide bonds. The van der Waals surface area contributed by atoms with Gasteiger partial charge in [0, 0.05) is 34.2 Å². The van der Waals surface area contributed by atoms with E-state index < -0.39 is 0 Å². The lowest BCUT2D eigenvalue weighted by Crippen LogP contribution is -2.56. The van der Waals surface area contributed by atoms with Crippen LogP contribution in [-0.4, -0.2) is 17.4 Å². The van der Waals surface area contributed by atoms with E-state index in [0.29, 0.717) is 0 Å².